The molecular weight excluding hydrogens is 352 g/mol. The Labute approximate surface area is 146 Å². The highest BCUT2D eigenvalue weighted by atomic mass is 79.9. The number of hydrogen-bond donors (Lipinski definition) is 2. The molecule has 0 saturated heterocycles. The van der Waals surface area contributed by atoms with Crippen molar-refractivity contribution in [3.05, 3.63) is 40.5 Å². The molecule has 2 N–H and O–H groups in total. The summed E-state index contributed by atoms with van der Waals surface area (Å²) in [5.41, 5.74) is 2.19. The standard InChI is InChI=1S/C18H23BrN4/c1-13-8-9-16(15(19)12-13)22-18-20-11-10-17(23-18)21-14-6-4-2-3-5-7-14/h8-12,14H,2-7H2,1H3,(H2,20,21,22,23). The van der Waals surface area contributed by atoms with Gasteiger partial charge in [0.1, 0.15) is 5.82 Å². The first-order chi connectivity index (χ1) is 11.2. The average molecular weight is 375 g/mol. The Kier molecular flexibility index (Phi) is 5.49. The molecule has 0 spiro atoms. The molecule has 0 atom stereocenters. The summed E-state index contributed by atoms with van der Waals surface area (Å²) in [6.45, 7) is 2.07. The van der Waals surface area contributed by atoms with E-state index in [4.69, 9.17) is 0 Å². The molecule has 0 bridgehead atoms. The fourth-order valence-electron chi connectivity index (χ4n) is 2.97. The van der Waals surface area contributed by atoms with Gasteiger partial charge in [-0.05, 0) is 59.5 Å². The van der Waals surface area contributed by atoms with Crippen LogP contribution in [-0.2, 0) is 0 Å². The number of rotatable bonds is 4. The highest BCUT2D eigenvalue weighted by Crippen LogP contribution is 2.26. The number of anilines is 3. The fraction of sp³-hybridized carbons (Fsp3) is 0.444. The SMILES string of the molecule is Cc1ccc(Nc2nccc(NC3CCCCCC3)n2)c(Br)c1. The van der Waals surface area contributed by atoms with E-state index in [-0.39, 0.29) is 0 Å². The quantitative estimate of drug-likeness (QED) is 0.700. The van der Waals surface area contributed by atoms with Crippen molar-refractivity contribution in [1.82, 2.24) is 9.97 Å². The predicted molar refractivity (Wildman–Crippen MR) is 99.3 cm³/mol. The van der Waals surface area contributed by atoms with Crippen LogP contribution in [0.3, 0.4) is 0 Å². The second kappa shape index (κ2) is 7.77. The van der Waals surface area contributed by atoms with Gasteiger partial charge in [0.2, 0.25) is 5.95 Å². The molecule has 1 fully saturated rings. The molecule has 2 aromatic rings. The number of nitrogens with one attached hydrogen (secondary N) is 2. The lowest BCUT2D eigenvalue weighted by atomic mass is 10.1. The van der Waals surface area contributed by atoms with Gasteiger partial charge in [0.15, 0.2) is 0 Å². The summed E-state index contributed by atoms with van der Waals surface area (Å²) in [4.78, 5) is 8.93. The smallest absolute Gasteiger partial charge is 0.229 e. The molecule has 23 heavy (non-hydrogen) atoms. The molecule has 0 aliphatic heterocycles. The van der Waals surface area contributed by atoms with Gasteiger partial charge in [0.25, 0.3) is 0 Å². The van der Waals surface area contributed by atoms with E-state index in [1.807, 2.05) is 12.1 Å². The van der Waals surface area contributed by atoms with Crippen molar-refractivity contribution in [3.8, 4) is 0 Å². The Morgan fingerprint density at radius 1 is 1.09 bits per heavy atom. The maximum atomic E-state index is 4.60. The predicted octanol–water partition coefficient (Wildman–Crippen LogP) is 5.43. The molecule has 1 saturated carbocycles. The topological polar surface area (TPSA) is 49.8 Å². The average Bonchev–Trinajstić information content (AvgIpc) is 2.79. The van der Waals surface area contributed by atoms with Gasteiger partial charge in [-0.25, -0.2) is 4.98 Å². The third-order valence-electron chi connectivity index (χ3n) is 4.23. The maximum absolute atomic E-state index is 4.60. The molecule has 1 aromatic heterocycles. The first-order valence-corrected chi connectivity index (χ1v) is 9.13. The summed E-state index contributed by atoms with van der Waals surface area (Å²) in [7, 11) is 0. The lowest BCUT2D eigenvalue weighted by molar-refractivity contribution is 0.617. The summed E-state index contributed by atoms with van der Waals surface area (Å²) in [6.07, 6.45) is 9.60. The van der Waals surface area contributed by atoms with Gasteiger partial charge in [0.05, 0.1) is 5.69 Å². The van der Waals surface area contributed by atoms with E-state index in [1.54, 1.807) is 6.20 Å². The maximum Gasteiger partial charge on any atom is 0.229 e. The highest BCUT2D eigenvalue weighted by molar-refractivity contribution is 9.10. The molecular formula is C18H23BrN4. The van der Waals surface area contributed by atoms with E-state index < -0.39 is 0 Å². The lowest BCUT2D eigenvalue weighted by Crippen LogP contribution is -2.19. The summed E-state index contributed by atoms with van der Waals surface area (Å²) < 4.78 is 1.02. The molecule has 0 amide bonds. The summed E-state index contributed by atoms with van der Waals surface area (Å²) >= 11 is 3.58. The zero-order valence-corrected chi connectivity index (χ0v) is 15.1. The van der Waals surface area contributed by atoms with Gasteiger partial charge in [0, 0.05) is 16.7 Å². The zero-order valence-electron chi connectivity index (χ0n) is 13.5. The van der Waals surface area contributed by atoms with E-state index in [0.717, 1.165) is 16.0 Å². The first-order valence-electron chi connectivity index (χ1n) is 8.33. The Morgan fingerprint density at radius 3 is 2.61 bits per heavy atom. The van der Waals surface area contributed by atoms with E-state index in [0.29, 0.717) is 12.0 Å². The molecule has 1 aliphatic carbocycles. The van der Waals surface area contributed by atoms with Crippen molar-refractivity contribution >= 4 is 33.4 Å². The highest BCUT2D eigenvalue weighted by Gasteiger charge is 2.13. The summed E-state index contributed by atoms with van der Waals surface area (Å²) in [5, 5.41) is 6.85. The Hall–Kier alpha value is -1.62. The minimum Gasteiger partial charge on any atom is -0.367 e. The number of aryl methyl sites for hydroxylation is 1. The molecule has 122 valence electrons. The van der Waals surface area contributed by atoms with Crippen molar-refractivity contribution in [2.45, 2.75) is 51.5 Å². The Bertz CT molecular complexity index is 651. The normalized spacial score (nSPS) is 15.9. The molecule has 0 radical (unpaired) electrons. The number of benzene rings is 1. The molecule has 1 aliphatic rings. The third-order valence-corrected chi connectivity index (χ3v) is 4.89. The van der Waals surface area contributed by atoms with Gasteiger partial charge in [-0.15, -0.1) is 0 Å². The van der Waals surface area contributed by atoms with Crippen LogP contribution in [0.5, 0.6) is 0 Å². The van der Waals surface area contributed by atoms with Gasteiger partial charge in [-0.3, -0.25) is 0 Å². The summed E-state index contributed by atoms with van der Waals surface area (Å²) in [6, 6.07) is 8.66. The largest absolute Gasteiger partial charge is 0.367 e. The van der Waals surface area contributed by atoms with Gasteiger partial charge in [-0.1, -0.05) is 31.7 Å². The molecule has 1 heterocycles. The van der Waals surface area contributed by atoms with Crippen LogP contribution in [0.15, 0.2) is 34.9 Å². The van der Waals surface area contributed by atoms with Crippen LogP contribution < -0.4 is 10.6 Å². The van der Waals surface area contributed by atoms with Crippen molar-refractivity contribution in [2.24, 2.45) is 0 Å². The van der Waals surface area contributed by atoms with Crippen molar-refractivity contribution < 1.29 is 0 Å². The lowest BCUT2D eigenvalue weighted by Gasteiger charge is -2.17. The monoisotopic (exact) mass is 374 g/mol. The number of halogens is 1. The van der Waals surface area contributed by atoms with E-state index >= 15 is 0 Å². The second-order valence-electron chi connectivity index (χ2n) is 6.21. The zero-order chi connectivity index (χ0) is 16.1. The first kappa shape index (κ1) is 16.2. The van der Waals surface area contributed by atoms with E-state index in [9.17, 15) is 0 Å². The van der Waals surface area contributed by atoms with Crippen LogP contribution >= 0.6 is 15.9 Å². The van der Waals surface area contributed by atoms with Crippen molar-refractivity contribution in [1.29, 1.82) is 0 Å². The second-order valence-corrected chi connectivity index (χ2v) is 7.06. The van der Waals surface area contributed by atoms with Crippen LogP contribution in [0.4, 0.5) is 17.5 Å². The number of aromatic nitrogens is 2. The van der Waals surface area contributed by atoms with Crippen molar-refractivity contribution in [2.75, 3.05) is 10.6 Å². The minimum absolute atomic E-state index is 0.534. The minimum atomic E-state index is 0.534. The van der Waals surface area contributed by atoms with E-state index in [1.165, 1.54) is 44.1 Å². The Balaban J connectivity index is 1.69. The molecule has 3 rings (SSSR count). The fourth-order valence-corrected chi connectivity index (χ4v) is 3.57. The summed E-state index contributed by atoms with van der Waals surface area (Å²) in [5.74, 6) is 1.52. The van der Waals surface area contributed by atoms with Crippen LogP contribution in [0.25, 0.3) is 0 Å². The number of nitrogens with zero attached hydrogens (tertiary/aromatic N) is 2. The van der Waals surface area contributed by atoms with Crippen LogP contribution in [0.1, 0.15) is 44.1 Å². The number of hydrogen-bond acceptors (Lipinski definition) is 4. The van der Waals surface area contributed by atoms with Crippen LogP contribution in [0.2, 0.25) is 0 Å². The molecule has 0 unspecified atom stereocenters. The van der Waals surface area contributed by atoms with Gasteiger partial charge >= 0.3 is 0 Å². The van der Waals surface area contributed by atoms with Gasteiger partial charge in [-0.2, -0.15) is 4.98 Å². The Morgan fingerprint density at radius 2 is 1.87 bits per heavy atom. The third kappa shape index (κ3) is 4.67. The van der Waals surface area contributed by atoms with Crippen LogP contribution in [0, 0.1) is 6.92 Å². The molecule has 1 aromatic carbocycles. The molecule has 5 heteroatoms. The van der Waals surface area contributed by atoms with Gasteiger partial charge < -0.3 is 10.6 Å². The van der Waals surface area contributed by atoms with Crippen molar-refractivity contribution in [3.63, 3.8) is 0 Å². The molecule has 4 nitrogen and oxygen atoms in total. The van der Waals surface area contributed by atoms with Crippen LogP contribution in [-0.4, -0.2) is 16.0 Å². The van der Waals surface area contributed by atoms with E-state index in [2.05, 4.69) is 55.6 Å².